The monoisotopic (exact) mass is 222 g/mol. The van der Waals surface area contributed by atoms with E-state index < -0.39 is 11.9 Å². The number of ether oxygens (including phenoxy) is 1. The first-order chi connectivity index (χ1) is 7.47. The van der Waals surface area contributed by atoms with E-state index in [1.807, 2.05) is 0 Å². The number of methoxy groups -OCH3 is 1. The zero-order valence-corrected chi connectivity index (χ0v) is 9.48. The summed E-state index contributed by atoms with van der Waals surface area (Å²) in [5.41, 5.74) is 1.30. The summed E-state index contributed by atoms with van der Waals surface area (Å²) in [4.78, 5) is 22.2. The van der Waals surface area contributed by atoms with Gasteiger partial charge in [-0.05, 0) is 31.0 Å². The maximum Gasteiger partial charge on any atom is 0.318 e. The largest absolute Gasteiger partial charge is 0.496 e. The number of carbonyl (C=O) groups excluding carboxylic acids is 1. The summed E-state index contributed by atoms with van der Waals surface area (Å²) in [5.74, 6) is -1.92. The van der Waals surface area contributed by atoms with Crippen molar-refractivity contribution in [2.45, 2.75) is 19.8 Å². The second-order valence-corrected chi connectivity index (χ2v) is 3.61. The molecule has 16 heavy (non-hydrogen) atoms. The second kappa shape index (κ2) is 4.79. The molecule has 0 saturated heterocycles. The number of aryl methyl sites for hydroxylation is 1. The van der Waals surface area contributed by atoms with Gasteiger partial charge in [-0.3, -0.25) is 9.59 Å². The maximum absolute atomic E-state index is 11.2. The van der Waals surface area contributed by atoms with E-state index in [-0.39, 0.29) is 5.78 Å². The number of carboxylic acid groups (broad SMARTS) is 1. The van der Waals surface area contributed by atoms with Crippen LogP contribution in [0.25, 0.3) is 0 Å². The van der Waals surface area contributed by atoms with Gasteiger partial charge in [0.2, 0.25) is 0 Å². The topological polar surface area (TPSA) is 63.6 Å². The van der Waals surface area contributed by atoms with Crippen molar-refractivity contribution in [3.63, 3.8) is 0 Å². The third-order valence-electron chi connectivity index (χ3n) is 2.41. The van der Waals surface area contributed by atoms with Gasteiger partial charge in [0.25, 0.3) is 0 Å². The summed E-state index contributed by atoms with van der Waals surface area (Å²) >= 11 is 0. The quantitative estimate of drug-likeness (QED) is 0.788. The number of rotatable bonds is 4. The lowest BCUT2D eigenvalue weighted by atomic mass is 9.94. The fourth-order valence-corrected chi connectivity index (χ4v) is 1.63. The third kappa shape index (κ3) is 2.39. The van der Waals surface area contributed by atoms with E-state index in [9.17, 15) is 9.59 Å². The van der Waals surface area contributed by atoms with Crippen LogP contribution in [0.1, 0.15) is 24.0 Å². The second-order valence-electron chi connectivity index (χ2n) is 3.61. The molecule has 0 bridgehead atoms. The summed E-state index contributed by atoms with van der Waals surface area (Å²) in [6.07, 6.45) is 0. The molecule has 1 unspecified atom stereocenters. The minimum absolute atomic E-state index is 0.378. The Morgan fingerprint density at radius 3 is 2.38 bits per heavy atom. The number of aliphatic carboxylic acids is 1. The Morgan fingerprint density at radius 2 is 2.00 bits per heavy atom. The molecular formula is C12H14O4. The summed E-state index contributed by atoms with van der Waals surface area (Å²) in [7, 11) is 1.54. The van der Waals surface area contributed by atoms with Gasteiger partial charge in [-0.15, -0.1) is 0 Å². The van der Waals surface area contributed by atoms with Crippen molar-refractivity contribution in [1.29, 1.82) is 0 Å². The first kappa shape index (κ1) is 12.2. The smallest absolute Gasteiger partial charge is 0.318 e. The van der Waals surface area contributed by atoms with Crippen LogP contribution in [0, 0.1) is 6.92 Å². The maximum atomic E-state index is 11.2. The highest BCUT2D eigenvalue weighted by atomic mass is 16.5. The van der Waals surface area contributed by atoms with Crippen molar-refractivity contribution in [1.82, 2.24) is 0 Å². The van der Waals surface area contributed by atoms with Gasteiger partial charge in [0.05, 0.1) is 7.11 Å². The van der Waals surface area contributed by atoms with Gasteiger partial charge in [-0.1, -0.05) is 12.1 Å². The van der Waals surface area contributed by atoms with Crippen molar-refractivity contribution in [3.05, 3.63) is 29.3 Å². The molecule has 0 aliphatic heterocycles. The molecule has 0 heterocycles. The number of carboxylic acids is 1. The molecule has 0 aliphatic rings. The number of carbonyl (C=O) groups is 2. The van der Waals surface area contributed by atoms with Crippen LogP contribution < -0.4 is 4.74 Å². The fraction of sp³-hybridized carbons (Fsp3) is 0.333. The van der Waals surface area contributed by atoms with Crippen LogP contribution in [0.3, 0.4) is 0 Å². The lowest BCUT2D eigenvalue weighted by molar-refractivity contribution is -0.142. The van der Waals surface area contributed by atoms with Crippen molar-refractivity contribution in [2.75, 3.05) is 7.11 Å². The molecule has 1 atom stereocenters. The Balaban J connectivity index is 3.17. The Kier molecular flexibility index (Phi) is 3.66. The molecule has 1 aromatic rings. The Morgan fingerprint density at radius 1 is 1.38 bits per heavy atom. The first-order valence-electron chi connectivity index (χ1n) is 4.85. The van der Waals surface area contributed by atoms with Gasteiger partial charge in [-0.2, -0.15) is 0 Å². The van der Waals surface area contributed by atoms with Crippen LogP contribution in [0.15, 0.2) is 18.2 Å². The molecule has 1 aromatic carbocycles. The van der Waals surface area contributed by atoms with Crippen molar-refractivity contribution >= 4 is 11.8 Å². The Labute approximate surface area is 93.9 Å². The van der Waals surface area contributed by atoms with Crippen LogP contribution in [0.5, 0.6) is 5.75 Å². The first-order valence-corrected chi connectivity index (χ1v) is 4.85. The average molecular weight is 222 g/mol. The standard InChI is InChI=1S/C12H14O4/c1-7-6-9(4-5-10(7)16-3)11(8(2)13)12(14)15/h4-6,11H,1-3H3,(H,14,15). The molecule has 4 heteroatoms. The molecule has 1 N–H and O–H groups in total. The molecule has 0 amide bonds. The zero-order valence-electron chi connectivity index (χ0n) is 9.48. The van der Waals surface area contributed by atoms with Gasteiger partial charge in [0, 0.05) is 0 Å². The highest BCUT2D eigenvalue weighted by Gasteiger charge is 2.25. The molecule has 1 rings (SSSR count). The number of ketones is 1. The van der Waals surface area contributed by atoms with Crippen LogP contribution in [0.2, 0.25) is 0 Å². The van der Waals surface area contributed by atoms with E-state index in [2.05, 4.69) is 0 Å². The summed E-state index contributed by atoms with van der Waals surface area (Å²) < 4.78 is 5.07. The van der Waals surface area contributed by atoms with Crippen LogP contribution >= 0.6 is 0 Å². The van der Waals surface area contributed by atoms with Crippen molar-refractivity contribution in [2.24, 2.45) is 0 Å². The summed E-state index contributed by atoms with van der Waals surface area (Å²) in [5, 5.41) is 8.96. The number of hydrogen-bond donors (Lipinski definition) is 1. The Hall–Kier alpha value is -1.84. The Bertz CT molecular complexity index is 409. The normalized spacial score (nSPS) is 11.9. The SMILES string of the molecule is COc1ccc(C(C(C)=O)C(=O)O)cc1C. The van der Waals surface area contributed by atoms with Gasteiger partial charge in [0.1, 0.15) is 17.5 Å². The van der Waals surface area contributed by atoms with Gasteiger partial charge in [0.15, 0.2) is 0 Å². The van der Waals surface area contributed by atoms with Gasteiger partial charge in [-0.25, -0.2) is 0 Å². The summed E-state index contributed by atoms with van der Waals surface area (Å²) in [6.45, 7) is 3.08. The van der Waals surface area contributed by atoms with Gasteiger partial charge < -0.3 is 9.84 Å². The average Bonchev–Trinajstić information content (AvgIpc) is 2.16. The zero-order chi connectivity index (χ0) is 12.3. The van der Waals surface area contributed by atoms with E-state index >= 15 is 0 Å². The van der Waals surface area contributed by atoms with Crippen LogP contribution in [-0.4, -0.2) is 24.0 Å². The predicted molar refractivity (Wildman–Crippen MR) is 58.8 cm³/mol. The third-order valence-corrected chi connectivity index (χ3v) is 2.41. The van der Waals surface area contributed by atoms with E-state index in [1.54, 1.807) is 32.2 Å². The predicted octanol–water partition coefficient (Wildman–Crippen LogP) is 1.76. The number of hydrogen-bond acceptors (Lipinski definition) is 3. The molecule has 0 radical (unpaired) electrons. The molecular weight excluding hydrogens is 208 g/mol. The lowest BCUT2D eigenvalue weighted by Crippen LogP contribution is -2.19. The van der Waals surface area contributed by atoms with Crippen LogP contribution in [-0.2, 0) is 9.59 Å². The number of Topliss-reactive ketones (excluding diaryl/α,β-unsaturated/α-hetero) is 1. The van der Waals surface area contributed by atoms with Gasteiger partial charge >= 0.3 is 5.97 Å². The van der Waals surface area contributed by atoms with E-state index in [1.165, 1.54) is 6.92 Å². The minimum Gasteiger partial charge on any atom is -0.496 e. The van der Waals surface area contributed by atoms with E-state index in [0.717, 1.165) is 5.56 Å². The molecule has 4 nitrogen and oxygen atoms in total. The van der Waals surface area contributed by atoms with Crippen LogP contribution in [0.4, 0.5) is 0 Å². The van der Waals surface area contributed by atoms with E-state index in [4.69, 9.17) is 9.84 Å². The van der Waals surface area contributed by atoms with E-state index in [0.29, 0.717) is 11.3 Å². The highest BCUT2D eigenvalue weighted by molar-refractivity contribution is 6.02. The molecule has 0 fully saturated rings. The fourth-order valence-electron chi connectivity index (χ4n) is 1.63. The highest BCUT2D eigenvalue weighted by Crippen LogP contribution is 2.24. The summed E-state index contributed by atoms with van der Waals surface area (Å²) in [6, 6.07) is 4.94. The van der Waals surface area contributed by atoms with Crippen molar-refractivity contribution in [3.8, 4) is 5.75 Å². The molecule has 0 aliphatic carbocycles. The molecule has 0 aromatic heterocycles. The molecule has 86 valence electrons. The minimum atomic E-state index is -1.13. The lowest BCUT2D eigenvalue weighted by Gasteiger charge is -2.11. The number of benzene rings is 1. The molecule has 0 saturated carbocycles. The van der Waals surface area contributed by atoms with Crippen molar-refractivity contribution < 1.29 is 19.4 Å². The molecule has 0 spiro atoms.